The summed E-state index contributed by atoms with van der Waals surface area (Å²) in [4.78, 5) is 0. The smallest absolute Gasteiger partial charge is 0.210 e. The molecule has 7 heteroatoms. The number of aryl methyl sites for hydroxylation is 2. The third-order valence-corrected chi connectivity index (χ3v) is 5.36. The highest BCUT2D eigenvalue weighted by Gasteiger charge is 2.11. The molecule has 2 rings (SSSR count). The molecule has 0 fully saturated rings. The van der Waals surface area contributed by atoms with Crippen molar-refractivity contribution in [3.63, 3.8) is 0 Å². The van der Waals surface area contributed by atoms with Crippen LogP contribution in [0.5, 0.6) is 0 Å². The monoisotopic (exact) mass is 343 g/mol. The quantitative estimate of drug-likeness (QED) is 0.748. The number of nitriles is 2. The molecule has 2 aromatic rings. The van der Waals surface area contributed by atoms with Gasteiger partial charge in [-0.15, -0.1) is 10.2 Å². The van der Waals surface area contributed by atoms with Gasteiger partial charge in [-0.1, -0.05) is 40.8 Å². The summed E-state index contributed by atoms with van der Waals surface area (Å²) in [7, 11) is 0. The average Bonchev–Trinajstić information content (AvgIpc) is 2.98. The Kier molecular flexibility index (Phi) is 6.40. The zero-order valence-electron chi connectivity index (χ0n) is 13.0. The first-order chi connectivity index (χ1) is 11.1. The highest BCUT2D eigenvalue weighted by molar-refractivity contribution is 8.01. The van der Waals surface area contributed by atoms with Crippen molar-refractivity contribution < 1.29 is 0 Å². The van der Waals surface area contributed by atoms with Crippen molar-refractivity contribution in [1.29, 1.82) is 10.5 Å². The van der Waals surface area contributed by atoms with Gasteiger partial charge in [-0.2, -0.15) is 10.5 Å². The molecule has 0 saturated carbocycles. The molecule has 1 heterocycles. The SMILES string of the molecule is Cc1ccc(Nc2nnc(SC[C@@H](C#N)CCC#N)s2)c(C)c1. The second kappa shape index (κ2) is 8.52. The standard InChI is InChI=1S/C16H17N5S2/c1-11-5-6-14(12(2)8-11)19-15-20-21-16(23-15)22-10-13(9-18)4-3-7-17/h5-6,8,13H,3-4,10H2,1-2H3,(H,19,20)/t13-/m1/s1. The van der Waals surface area contributed by atoms with Gasteiger partial charge >= 0.3 is 0 Å². The van der Waals surface area contributed by atoms with Crippen molar-refractivity contribution >= 4 is 33.9 Å². The van der Waals surface area contributed by atoms with E-state index in [1.165, 1.54) is 28.7 Å². The molecule has 1 N–H and O–H groups in total. The maximum atomic E-state index is 9.07. The summed E-state index contributed by atoms with van der Waals surface area (Å²) in [5.74, 6) is 0.510. The number of hydrogen-bond acceptors (Lipinski definition) is 7. The molecular weight excluding hydrogens is 326 g/mol. The first-order valence-corrected chi connectivity index (χ1v) is 8.99. The predicted molar refractivity (Wildman–Crippen MR) is 93.8 cm³/mol. The van der Waals surface area contributed by atoms with Crippen LogP contribution in [0.2, 0.25) is 0 Å². The summed E-state index contributed by atoms with van der Waals surface area (Å²) in [6, 6.07) is 10.5. The predicted octanol–water partition coefficient (Wildman–Crippen LogP) is 4.43. The minimum atomic E-state index is -0.126. The number of benzene rings is 1. The molecule has 0 bridgehead atoms. The van der Waals surface area contributed by atoms with E-state index in [0.717, 1.165) is 20.7 Å². The Balaban J connectivity index is 1.93. The Hall–Kier alpha value is -2.09. The normalized spacial score (nSPS) is 11.5. The molecule has 0 aliphatic heterocycles. The van der Waals surface area contributed by atoms with E-state index >= 15 is 0 Å². The van der Waals surface area contributed by atoms with E-state index in [9.17, 15) is 0 Å². The van der Waals surface area contributed by atoms with Gasteiger partial charge in [0.15, 0.2) is 4.34 Å². The Morgan fingerprint density at radius 1 is 1.30 bits per heavy atom. The van der Waals surface area contributed by atoms with Gasteiger partial charge in [0.2, 0.25) is 5.13 Å². The number of hydrogen-bond donors (Lipinski definition) is 1. The lowest BCUT2D eigenvalue weighted by molar-refractivity contribution is 0.685. The number of aromatic nitrogens is 2. The van der Waals surface area contributed by atoms with Crippen LogP contribution in [-0.2, 0) is 0 Å². The topological polar surface area (TPSA) is 85.4 Å². The Bertz CT molecular complexity index is 742. The second-order valence-electron chi connectivity index (χ2n) is 5.15. The lowest BCUT2D eigenvalue weighted by Gasteiger charge is -2.06. The van der Waals surface area contributed by atoms with Crippen LogP contribution in [0.25, 0.3) is 0 Å². The highest BCUT2D eigenvalue weighted by Crippen LogP contribution is 2.30. The lowest BCUT2D eigenvalue weighted by atomic mass is 10.1. The van der Waals surface area contributed by atoms with Gasteiger partial charge in [-0.3, -0.25) is 0 Å². The van der Waals surface area contributed by atoms with Crippen molar-refractivity contribution in [2.45, 2.75) is 31.0 Å². The van der Waals surface area contributed by atoms with E-state index in [2.05, 4.69) is 53.6 Å². The van der Waals surface area contributed by atoms with Crippen molar-refractivity contribution in [3.05, 3.63) is 29.3 Å². The first-order valence-electron chi connectivity index (χ1n) is 7.19. The van der Waals surface area contributed by atoms with Crippen LogP contribution in [0.1, 0.15) is 24.0 Å². The summed E-state index contributed by atoms with van der Waals surface area (Å²) in [5, 5.41) is 30.0. The van der Waals surface area contributed by atoms with E-state index in [1.54, 1.807) is 0 Å². The van der Waals surface area contributed by atoms with Crippen LogP contribution in [0.4, 0.5) is 10.8 Å². The van der Waals surface area contributed by atoms with Crippen molar-refractivity contribution in [2.24, 2.45) is 5.92 Å². The summed E-state index contributed by atoms with van der Waals surface area (Å²) >= 11 is 2.99. The van der Waals surface area contributed by atoms with E-state index in [0.29, 0.717) is 18.6 Å². The fourth-order valence-electron chi connectivity index (χ4n) is 1.98. The van der Waals surface area contributed by atoms with Gasteiger partial charge < -0.3 is 5.32 Å². The second-order valence-corrected chi connectivity index (χ2v) is 7.39. The third kappa shape index (κ3) is 5.24. The number of nitrogens with one attached hydrogen (secondary N) is 1. The number of nitrogens with zero attached hydrogens (tertiary/aromatic N) is 4. The third-order valence-electron chi connectivity index (χ3n) is 3.23. The lowest BCUT2D eigenvalue weighted by Crippen LogP contribution is -1.99. The molecule has 0 unspecified atom stereocenters. The Labute approximate surface area is 144 Å². The van der Waals surface area contributed by atoms with Crippen molar-refractivity contribution in [2.75, 3.05) is 11.1 Å². The minimum Gasteiger partial charge on any atom is -0.330 e. The van der Waals surface area contributed by atoms with Gasteiger partial charge in [0.1, 0.15) is 0 Å². The largest absolute Gasteiger partial charge is 0.330 e. The fraction of sp³-hybridized carbons (Fsp3) is 0.375. The van der Waals surface area contributed by atoms with E-state index < -0.39 is 0 Å². The van der Waals surface area contributed by atoms with Crippen LogP contribution >= 0.6 is 23.1 Å². The molecule has 0 amide bonds. The van der Waals surface area contributed by atoms with E-state index in [4.69, 9.17) is 10.5 Å². The summed E-state index contributed by atoms with van der Waals surface area (Å²) in [5.41, 5.74) is 3.41. The molecule has 0 saturated heterocycles. The molecule has 0 aliphatic rings. The van der Waals surface area contributed by atoms with E-state index in [-0.39, 0.29) is 5.92 Å². The number of thioether (sulfide) groups is 1. The van der Waals surface area contributed by atoms with Gasteiger partial charge in [-0.25, -0.2) is 0 Å². The Morgan fingerprint density at radius 2 is 2.13 bits per heavy atom. The average molecular weight is 343 g/mol. The van der Waals surface area contributed by atoms with Crippen LogP contribution < -0.4 is 5.32 Å². The van der Waals surface area contributed by atoms with Crippen molar-refractivity contribution in [3.8, 4) is 12.1 Å². The molecule has 23 heavy (non-hydrogen) atoms. The van der Waals surface area contributed by atoms with Gasteiger partial charge in [0.25, 0.3) is 0 Å². The van der Waals surface area contributed by atoms with Gasteiger partial charge in [0, 0.05) is 17.9 Å². The van der Waals surface area contributed by atoms with Gasteiger partial charge in [0.05, 0.1) is 18.1 Å². The molecular formula is C16H17N5S2. The van der Waals surface area contributed by atoms with Crippen LogP contribution in [0, 0.1) is 42.4 Å². The maximum absolute atomic E-state index is 9.07. The first kappa shape index (κ1) is 17.3. The summed E-state index contributed by atoms with van der Waals surface area (Å²) < 4.78 is 0.828. The molecule has 5 nitrogen and oxygen atoms in total. The molecule has 1 aromatic carbocycles. The zero-order chi connectivity index (χ0) is 16.7. The summed E-state index contributed by atoms with van der Waals surface area (Å²) in [6.07, 6.45) is 1.01. The minimum absolute atomic E-state index is 0.126. The molecule has 1 aromatic heterocycles. The molecule has 1 atom stereocenters. The number of anilines is 2. The number of rotatable bonds is 7. The van der Waals surface area contributed by atoms with Crippen molar-refractivity contribution in [1.82, 2.24) is 10.2 Å². The summed E-state index contributed by atoms with van der Waals surface area (Å²) in [6.45, 7) is 4.12. The molecule has 118 valence electrons. The van der Waals surface area contributed by atoms with Crippen LogP contribution in [-0.4, -0.2) is 16.0 Å². The van der Waals surface area contributed by atoms with E-state index in [1.807, 2.05) is 6.07 Å². The van der Waals surface area contributed by atoms with Gasteiger partial charge in [-0.05, 0) is 31.9 Å². The van der Waals surface area contributed by atoms with Crippen LogP contribution in [0.3, 0.4) is 0 Å². The fourth-order valence-corrected chi connectivity index (χ4v) is 3.83. The molecule has 0 spiro atoms. The Morgan fingerprint density at radius 3 is 2.83 bits per heavy atom. The maximum Gasteiger partial charge on any atom is 0.210 e. The molecule has 0 aliphatic carbocycles. The molecule has 0 radical (unpaired) electrons. The highest BCUT2D eigenvalue weighted by atomic mass is 32.2. The van der Waals surface area contributed by atoms with Crippen LogP contribution in [0.15, 0.2) is 22.5 Å². The zero-order valence-corrected chi connectivity index (χ0v) is 14.7.